The maximum absolute atomic E-state index is 13.4. The first-order valence-corrected chi connectivity index (χ1v) is 13.3. The highest BCUT2D eigenvalue weighted by Gasteiger charge is 2.31. The van der Waals surface area contributed by atoms with E-state index in [0.717, 1.165) is 55.0 Å². The second kappa shape index (κ2) is 8.73. The van der Waals surface area contributed by atoms with Gasteiger partial charge in [0.2, 0.25) is 0 Å². The van der Waals surface area contributed by atoms with Gasteiger partial charge in [0, 0.05) is 29.6 Å². The normalized spacial score (nSPS) is 19.4. The average Bonchev–Trinajstić information content (AvgIpc) is 3.46. The first-order chi connectivity index (χ1) is 16.2. The van der Waals surface area contributed by atoms with Crippen molar-refractivity contribution in [3.63, 3.8) is 0 Å². The van der Waals surface area contributed by atoms with Gasteiger partial charge >= 0.3 is 0 Å². The van der Waals surface area contributed by atoms with Crippen molar-refractivity contribution < 1.29 is 4.79 Å². The van der Waals surface area contributed by atoms with Crippen LogP contribution in [0, 0.1) is 6.92 Å². The number of hydrogen-bond acceptors (Lipinski definition) is 4. The van der Waals surface area contributed by atoms with Crippen LogP contribution in [0.1, 0.15) is 58.7 Å². The van der Waals surface area contributed by atoms with E-state index in [0.29, 0.717) is 6.04 Å². The van der Waals surface area contributed by atoms with Crippen molar-refractivity contribution in [2.75, 3.05) is 26.2 Å². The highest BCUT2D eigenvalue weighted by Crippen LogP contribution is 2.42. The van der Waals surface area contributed by atoms with Crippen LogP contribution in [0.5, 0.6) is 0 Å². The molecular formula is C27H32N4OS. The fourth-order valence-electron chi connectivity index (χ4n) is 5.94. The molecule has 0 atom stereocenters. The number of carbonyl (C=O) groups excluding carboxylic acids is 1. The quantitative estimate of drug-likeness (QED) is 0.546. The lowest BCUT2D eigenvalue weighted by Crippen LogP contribution is -2.48. The van der Waals surface area contributed by atoms with E-state index >= 15 is 0 Å². The van der Waals surface area contributed by atoms with Gasteiger partial charge in [-0.3, -0.25) is 4.79 Å². The van der Waals surface area contributed by atoms with Gasteiger partial charge in [-0.25, -0.2) is 4.68 Å². The van der Waals surface area contributed by atoms with Gasteiger partial charge < -0.3 is 9.80 Å². The number of thiophene rings is 1. The molecule has 6 rings (SSSR count). The van der Waals surface area contributed by atoms with Crippen LogP contribution in [-0.2, 0) is 12.8 Å². The van der Waals surface area contributed by atoms with Gasteiger partial charge in [-0.2, -0.15) is 5.10 Å². The summed E-state index contributed by atoms with van der Waals surface area (Å²) < 4.78 is 2.10. The molecule has 2 saturated heterocycles. The number of carbonyl (C=O) groups is 1. The summed E-state index contributed by atoms with van der Waals surface area (Å²) in [4.78, 5) is 20.3. The topological polar surface area (TPSA) is 41.4 Å². The number of para-hydroxylation sites is 1. The molecule has 0 spiro atoms. The fourth-order valence-corrected chi connectivity index (χ4v) is 7.24. The molecule has 33 heavy (non-hydrogen) atoms. The first-order valence-electron chi connectivity index (χ1n) is 12.5. The summed E-state index contributed by atoms with van der Waals surface area (Å²) >= 11 is 1.68. The van der Waals surface area contributed by atoms with Crippen LogP contribution in [-0.4, -0.2) is 57.7 Å². The molecule has 3 aromatic rings. The molecule has 172 valence electrons. The van der Waals surface area contributed by atoms with Crippen LogP contribution in [0.15, 0.2) is 36.4 Å². The monoisotopic (exact) mass is 460 g/mol. The van der Waals surface area contributed by atoms with Crippen LogP contribution < -0.4 is 0 Å². The van der Waals surface area contributed by atoms with E-state index < -0.39 is 0 Å². The number of rotatable bonds is 3. The summed E-state index contributed by atoms with van der Waals surface area (Å²) in [7, 11) is 0. The standard InChI is InChI=1S/C27H32N4OS/c1-19-25-23(31(28-19)22-8-4-2-5-9-22)11-10-20-18-24(33-26(20)25)27(32)30-16-12-21(13-17-30)29-14-6-3-7-15-29/h2,4-5,8-9,18,21H,3,6-7,10-17H2,1H3. The summed E-state index contributed by atoms with van der Waals surface area (Å²) in [6.45, 7) is 6.36. The van der Waals surface area contributed by atoms with E-state index in [1.165, 1.54) is 54.0 Å². The van der Waals surface area contributed by atoms with Crippen molar-refractivity contribution in [2.45, 2.75) is 57.9 Å². The number of aryl methyl sites for hydroxylation is 2. The Bertz CT molecular complexity index is 1150. The number of likely N-dealkylation sites (tertiary alicyclic amines) is 2. The van der Waals surface area contributed by atoms with Crippen molar-refractivity contribution in [1.29, 1.82) is 0 Å². The lowest BCUT2D eigenvalue weighted by Gasteiger charge is -2.40. The van der Waals surface area contributed by atoms with Gasteiger partial charge in [-0.15, -0.1) is 11.3 Å². The van der Waals surface area contributed by atoms with Gasteiger partial charge in [0.05, 0.1) is 22.0 Å². The van der Waals surface area contributed by atoms with Crippen molar-refractivity contribution >= 4 is 17.2 Å². The van der Waals surface area contributed by atoms with Gasteiger partial charge in [0.15, 0.2) is 0 Å². The Morgan fingerprint density at radius 3 is 2.52 bits per heavy atom. The number of amides is 1. The number of nitrogens with zero attached hydrogens (tertiary/aromatic N) is 4. The molecule has 5 nitrogen and oxygen atoms in total. The summed E-state index contributed by atoms with van der Waals surface area (Å²) in [6.07, 6.45) is 8.21. The molecule has 2 aliphatic heterocycles. The molecule has 1 aromatic carbocycles. The molecule has 3 aliphatic rings. The minimum atomic E-state index is 0.223. The zero-order chi connectivity index (χ0) is 22.4. The van der Waals surface area contributed by atoms with E-state index in [9.17, 15) is 4.79 Å². The highest BCUT2D eigenvalue weighted by atomic mass is 32.1. The van der Waals surface area contributed by atoms with E-state index in [1.54, 1.807) is 11.3 Å². The van der Waals surface area contributed by atoms with Crippen LogP contribution in [0.2, 0.25) is 0 Å². The highest BCUT2D eigenvalue weighted by molar-refractivity contribution is 7.17. The maximum Gasteiger partial charge on any atom is 0.263 e. The molecule has 2 fully saturated rings. The Balaban J connectivity index is 1.22. The minimum absolute atomic E-state index is 0.223. The van der Waals surface area contributed by atoms with E-state index in [4.69, 9.17) is 5.10 Å². The third kappa shape index (κ3) is 3.83. The lowest BCUT2D eigenvalue weighted by atomic mass is 9.95. The van der Waals surface area contributed by atoms with E-state index in [1.807, 2.05) is 6.07 Å². The van der Waals surface area contributed by atoms with Gasteiger partial charge in [-0.1, -0.05) is 24.6 Å². The van der Waals surface area contributed by atoms with Crippen LogP contribution >= 0.6 is 11.3 Å². The molecule has 0 N–H and O–H groups in total. The Morgan fingerprint density at radius 2 is 1.76 bits per heavy atom. The van der Waals surface area contributed by atoms with E-state index in [-0.39, 0.29) is 5.91 Å². The second-order valence-corrected chi connectivity index (χ2v) is 10.8. The summed E-state index contributed by atoms with van der Waals surface area (Å²) in [5.41, 5.74) is 5.99. The Hall–Kier alpha value is -2.44. The number of hydrogen-bond donors (Lipinski definition) is 0. The van der Waals surface area contributed by atoms with Crippen molar-refractivity contribution in [1.82, 2.24) is 19.6 Å². The Kier molecular flexibility index (Phi) is 5.59. The first kappa shape index (κ1) is 21.1. The van der Waals surface area contributed by atoms with Crippen LogP contribution in [0.4, 0.5) is 0 Å². The number of fused-ring (bicyclic) bond motifs is 3. The molecule has 1 aliphatic carbocycles. The molecule has 0 bridgehead atoms. The number of aromatic nitrogens is 2. The second-order valence-electron chi connectivity index (χ2n) is 9.74. The molecule has 2 aromatic heterocycles. The fraction of sp³-hybridized carbons (Fsp3) is 0.481. The molecule has 6 heteroatoms. The molecule has 0 unspecified atom stereocenters. The van der Waals surface area contributed by atoms with Crippen molar-refractivity contribution in [3.05, 3.63) is 58.2 Å². The molecule has 0 radical (unpaired) electrons. The average molecular weight is 461 g/mol. The molecular weight excluding hydrogens is 428 g/mol. The summed E-state index contributed by atoms with van der Waals surface area (Å²) in [6, 6.07) is 13.2. The number of piperidine rings is 2. The number of benzene rings is 1. The van der Waals surface area contributed by atoms with Crippen molar-refractivity contribution in [2.24, 2.45) is 0 Å². The summed E-state index contributed by atoms with van der Waals surface area (Å²) in [5.74, 6) is 0.223. The summed E-state index contributed by atoms with van der Waals surface area (Å²) in [5, 5.41) is 4.88. The molecule has 4 heterocycles. The maximum atomic E-state index is 13.4. The SMILES string of the molecule is Cc1nn(-c2ccccc2)c2c1-c1sc(C(=O)N3CCC(N4CCCCC4)CC3)cc1CC2. The molecule has 0 saturated carbocycles. The van der Waals surface area contributed by atoms with E-state index in [2.05, 4.69) is 51.7 Å². The zero-order valence-corrected chi connectivity index (χ0v) is 20.2. The predicted octanol–water partition coefficient (Wildman–Crippen LogP) is 5.10. The van der Waals surface area contributed by atoms with Gasteiger partial charge in [0.25, 0.3) is 5.91 Å². The van der Waals surface area contributed by atoms with Crippen molar-refractivity contribution in [3.8, 4) is 16.1 Å². The Morgan fingerprint density at radius 1 is 1.00 bits per heavy atom. The smallest absolute Gasteiger partial charge is 0.263 e. The van der Waals surface area contributed by atoms with Gasteiger partial charge in [0.1, 0.15) is 0 Å². The largest absolute Gasteiger partial charge is 0.338 e. The van der Waals surface area contributed by atoms with Crippen LogP contribution in [0.3, 0.4) is 0 Å². The lowest BCUT2D eigenvalue weighted by molar-refractivity contribution is 0.0594. The van der Waals surface area contributed by atoms with Crippen LogP contribution in [0.25, 0.3) is 16.1 Å². The minimum Gasteiger partial charge on any atom is -0.338 e. The predicted molar refractivity (Wildman–Crippen MR) is 133 cm³/mol. The third-order valence-electron chi connectivity index (χ3n) is 7.69. The molecule has 1 amide bonds. The third-order valence-corrected chi connectivity index (χ3v) is 8.88. The van der Waals surface area contributed by atoms with Gasteiger partial charge in [-0.05, 0) is 82.3 Å². The zero-order valence-electron chi connectivity index (χ0n) is 19.4. The Labute approximate surface area is 200 Å².